The molecule has 2 aromatic rings. The molecule has 2 aromatic heterocycles. The van der Waals surface area contributed by atoms with E-state index in [9.17, 15) is 0 Å². The van der Waals surface area contributed by atoms with E-state index in [4.69, 9.17) is 0 Å². The second-order valence-electron chi connectivity index (χ2n) is 8.07. The summed E-state index contributed by atoms with van der Waals surface area (Å²) in [7, 11) is 2.23. The van der Waals surface area contributed by atoms with Gasteiger partial charge in [-0.25, -0.2) is 9.97 Å². The molecule has 2 aliphatic rings. The number of hydrogen-bond acceptors (Lipinski definition) is 6. The molecule has 0 unspecified atom stereocenters. The maximum Gasteiger partial charge on any atom is 0.141 e. The highest BCUT2D eigenvalue weighted by Gasteiger charge is 2.30. The van der Waals surface area contributed by atoms with Crippen LogP contribution < -0.4 is 4.90 Å². The molecule has 6 heteroatoms. The summed E-state index contributed by atoms with van der Waals surface area (Å²) in [4.78, 5) is 19.3. The van der Waals surface area contributed by atoms with Gasteiger partial charge in [0.25, 0.3) is 0 Å². The first-order valence-corrected chi connectivity index (χ1v) is 10.7. The zero-order valence-corrected chi connectivity index (χ0v) is 17.3. The number of piperidine rings is 1. The Morgan fingerprint density at radius 2 is 1.73 bits per heavy atom. The van der Waals surface area contributed by atoms with Gasteiger partial charge in [0.2, 0.25) is 0 Å². The summed E-state index contributed by atoms with van der Waals surface area (Å²) in [6.07, 6.45) is 4.27. The lowest BCUT2D eigenvalue weighted by atomic mass is 9.89. The highest BCUT2D eigenvalue weighted by molar-refractivity contribution is 7.18. The molecule has 2 aliphatic heterocycles. The fourth-order valence-corrected chi connectivity index (χ4v) is 5.52. The van der Waals surface area contributed by atoms with Gasteiger partial charge in [-0.15, -0.1) is 11.3 Å². The molecule has 5 nitrogen and oxygen atoms in total. The van der Waals surface area contributed by atoms with Gasteiger partial charge >= 0.3 is 0 Å². The predicted molar refractivity (Wildman–Crippen MR) is 110 cm³/mol. The van der Waals surface area contributed by atoms with Crippen molar-refractivity contribution >= 4 is 27.4 Å². The van der Waals surface area contributed by atoms with Crippen LogP contribution in [0.5, 0.6) is 0 Å². The summed E-state index contributed by atoms with van der Waals surface area (Å²) < 4.78 is 0. The van der Waals surface area contributed by atoms with Gasteiger partial charge < -0.3 is 9.80 Å². The van der Waals surface area contributed by atoms with Gasteiger partial charge in [0.05, 0.1) is 5.39 Å². The highest BCUT2D eigenvalue weighted by atomic mass is 32.1. The zero-order chi connectivity index (χ0) is 18.3. The van der Waals surface area contributed by atoms with Crippen LogP contribution in [0.1, 0.15) is 30.2 Å². The van der Waals surface area contributed by atoms with Crippen LogP contribution >= 0.6 is 11.3 Å². The van der Waals surface area contributed by atoms with E-state index in [0.29, 0.717) is 6.04 Å². The monoisotopic (exact) mass is 373 g/mol. The van der Waals surface area contributed by atoms with E-state index in [1.54, 1.807) is 17.7 Å². The van der Waals surface area contributed by atoms with E-state index in [-0.39, 0.29) is 0 Å². The van der Waals surface area contributed by atoms with Crippen LogP contribution in [0.25, 0.3) is 10.2 Å². The Labute approximate surface area is 161 Å². The standard InChI is InChI=1S/C20H31N5S/c1-14-16(3)26-20-18(14)19(21-13-22-20)25-7-5-17(6-8-25)15(2)24-11-9-23(4)10-12-24/h13,15,17H,5-12H2,1-4H3/t15-/m1/s1. The third kappa shape index (κ3) is 3.35. The number of thiophene rings is 1. The normalized spacial score (nSPS) is 22.2. The summed E-state index contributed by atoms with van der Waals surface area (Å²) in [5.74, 6) is 1.96. The molecule has 1 atom stereocenters. The lowest BCUT2D eigenvalue weighted by Crippen LogP contribution is -2.51. The van der Waals surface area contributed by atoms with Crippen LogP contribution in [0.3, 0.4) is 0 Å². The molecule has 0 N–H and O–H groups in total. The van der Waals surface area contributed by atoms with Crippen molar-refractivity contribution in [2.75, 3.05) is 51.2 Å². The number of nitrogens with zero attached hydrogens (tertiary/aromatic N) is 5. The Hall–Kier alpha value is -1.24. The minimum absolute atomic E-state index is 0.696. The third-order valence-corrected chi connectivity index (χ3v) is 7.70. The van der Waals surface area contributed by atoms with Gasteiger partial charge in [-0.3, -0.25) is 4.90 Å². The van der Waals surface area contributed by atoms with Crippen molar-refractivity contribution in [3.63, 3.8) is 0 Å². The highest BCUT2D eigenvalue weighted by Crippen LogP contribution is 2.36. The predicted octanol–water partition coefficient (Wildman–Crippen LogP) is 3.16. The van der Waals surface area contributed by atoms with Gasteiger partial charge in [0.1, 0.15) is 17.0 Å². The molecule has 26 heavy (non-hydrogen) atoms. The van der Waals surface area contributed by atoms with Gasteiger partial charge in [0.15, 0.2) is 0 Å². The van der Waals surface area contributed by atoms with Gasteiger partial charge in [-0.2, -0.15) is 0 Å². The largest absolute Gasteiger partial charge is 0.356 e. The van der Waals surface area contributed by atoms with Crippen LogP contribution in [0, 0.1) is 19.8 Å². The van der Waals surface area contributed by atoms with Crippen LogP contribution in [0.2, 0.25) is 0 Å². The zero-order valence-electron chi connectivity index (χ0n) is 16.5. The smallest absolute Gasteiger partial charge is 0.141 e. The Kier molecular flexibility index (Phi) is 5.17. The van der Waals surface area contributed by atoms with Crippen molar-refractivity contribution in [2.45, 2.75) is 39.7 Å². The third-order valence-electron chi connectivity index (χ3n) is 6.58. The maximum atomic E-state index is 4.68. The van der Waals surface area contributed by atoms with Crippen LogP contribution in [-0.4, -0.2) is 72.1 Å². The molecule has 0 amide bonds. The van der Waals surface area contributed by atoms with Crippen LogP contribution in [0.15, 0.2) is 6.33 Å². The first-order chi connectivity index (χ1) is 12.5. The first kappa shape index (κ1) is 18.1. The molecule has 0 bridgehead atoms. The average Bonchev–Trinajstić information content (AvgIpc) is 2.96. The number of fused-ring (bicyclic) bond motifs is 1. The Balaban J connectivity index is 1.44. The molecular formula is C20H31N5S. The summed E-state index contributed by atoms with van der Waals surface area (Å²) in [5, 5.41) is 1.28. The van der Waals surface area contributed by atoms with E-state index in [1.807, 2.05) is 0 Å². The van der Waals surface area contributed by atoms with Crippen molar-refractivity contribution in [3.8, 4) is 0 Å². The molecular weight excluding hydrogens is 342 g/mol. The van der Waals surface area contributed by atoms with Gasteiger partial charge in [0, 0.05) is 50.2 Å². The van der Waals surface area contributed by atoms with Crippen molar-refractivity contribution < 1.29 is 0 Å². The molecule has 142 valence electrons. The second kappa shape index (κ2) is 7.41. The van der Waals surface area contributed by atoms with Crippen molar-refractivity contribution in [3.05, 3.63) is 16.8 Å². The summed E-state index contributed by atoms with van der Waals surface area (Å²) in [5.41, 5.74) is 1.36. The molecule has 2 saturated heterocycles. The average molecular weight is 374 g/mol. The number of hydrogen-bond donors (Lipinski definition) is 0. The second-order valence-corrected chi connectivity index (χ2v) is 9.27. The lowest BCUT2D eigenvalue weighted by Gasteiger charge is -2.43. The van der Waals surface area contributed by atoms with Crippen molar-refractivity contribution in [1.29, 1.82) is 0 Å². The lowest BCUT2D eigenvalue weighted by molar-refractivity contribution is 0.0813. The van der Waals surface area contributed by atoms with Gasteiger partial charge in [-0.05, 0) is 52.1 Å². The Morgan fingerprint density at radius 3 is 2.42 bits per heavy atom. The number of piperazine rings is 1. The fourth-order valence-electron chi connectivity index (χ4n) is 4.52. The van der Waals surface area contributed by atoms with Crippen molar-refractivity contribution in [2.24, 2.45) is 5.92 Å². The molecule has 2 fully saturated rings. The number of likely N-dealkylation sites (N-methyl/N-ethyl adjacent to an activating group) is 1. The maximum absolute atomic E-state index is 4.68. The Bertz CT molecular complexity index is 757. The van der Waals surface area contributed by atoms with Crippen molar-refractivity contribution in [1.82, 2.24) is 19.8 Å². The molecule has 0 spiro atoms. The molecule has 0 radical (unpaired) electrons. The number of aromatic nitrogens is 2. The topological polar surface area (TPSA) is 35.5 Å². The van der Waals surface area contributed by atoms with E-state index in [1.165, 1.54) is 54.8 Å². The van der Waals surface area contributed by atoms with E-state index >= 15 is 0 Å². The summed E-state index contributed by atoms with van der Waals surface area (Å²) in [6, 6.07) is 0.696. The molecule has 4 heterocycles. The first-order valence-electron chi connectivity index (χ1n) is 9.93. The van der Waals surface area contributed by atoms with Crippen LogP contribution in [0.4, 0.5) is 5.82 Å². The van der Waals surface area contributed by atoms with E-state index in [2.05, 4.69) is 52.5 Å². The molecule has 0 aromatic carbocycles. The number of anilines is 1. The number of rotatable bonds is 3. The summed E-state index contributed by atoms with van der Waals surface area (Å²) in [6.45, 7) is 13.9. The quantitative estimate of drug-likeness (QED) is 0.826. The minimum atomic E-state index is 0.696. The fraction of sp³-hybridized carbons (Fsp3) is 0.700. The molecule has 4 rings (SSSR count). The number of aryl methyl sites for hydroxylation is 2. The minimum Gasteiger partial charge on any atom is -0.356 e. The SMILES string of the molecule is Cc1sc2ncnc(N3CCC([C@@H](C)N4CCN(C)CC4)CC3)c2c1C. The van der Waals surface area contributed by atoms with E-state index < -0.39 is 0 Å². The molecule has 0 saturated carbocycles. The molecule has 0 aliphatic carbocycles. The summed E-state index contributed by atoms with van der Waals surface area (Å²) >= 11 is 1.79. The Morgan fingerprint density at radius 1 is 1.04 bits per heavy atom. The van der Waals surface area contributed by atoms with Crippen LogP contribution in [-0.2, 0) is 0 Å². The van der Waals surface area contributed by atoms with Gasteiger partial charge in [-0.1, -0.05) is 0 Å². The van der Waals surface area contributed by atoms with E-state index in [0.717, 1.165) is 29.7 Å².